The highest BCUT2D eigenvalue weighted by Crippen LogP contribution is 2.35. The Morgan fingerprint density at radius 1 is 1.09 bits per heavy atom. The predicted octanol–water partition coefficient (Wildman–Crippen LogP) is 4.89. The van der Waals surface area contributed by atoms with E-state index >= 15 is 0 Å². The fourth-order valence-electron chi connectivity index (χ4n) is 4.37. The first-order chi connectivity index (χ1) is 20.5. The van der Waals surface area contributed by atoms with Gasteiger partial charge in [-0.05, 0) is 37.3 Å². The minimum atomic E-state index is -4.68. The molecule has 0 spiro atoms. The fourth-order valence-corrected chi connectivity index (χ4v) is 5.73. The maximum absolute atomic E-state index is 14.3. The molecule has 43 heavy (non-hydrogen) atoms. The van der Waals surface area contributed by atoms with Gasteiger partial charge in [-0.3, -0.25) is 9.78 Å². The number of benzene rings is 1. The number of amides is 1. The van der Waals surface area contributed by atoms with Crippen molar-refractivity contribution >= 4 is 26.6 Å². The Hall–Kier alpha value is -4.31. The number of pyridine rings is 2. The number of sulfone groups is 1. The first kappa shape index (κ1) is 30.2. The molecule has 1 N–H and O–H groups in total. The van der Waals surface area contributed by atoms with Crippen LogP contribution in [-0.4, -0.2) is 53.0 Å². The van der Waals surface area contributed by atoms with Gasteiger partial charge >= 0.3 is 0 Å². The molecular formula is C27H22F5N5O5S. The van der Waals surface area contributed by atoms with Crippen LogP contribution in [0.25, 0.3) is 22.2 Å². The molecule has 3 aromatic heterocycles. The average Bonchev–Trinajstić information content (AvgIpc) is 3.09. The van der Waals surface area contributed by atoms with E-state index in [9.17, 15) is 35.2 Å². The zero-order chi connectivity index (χ0) is 30.9. The van der Waals surface area contributed by atoms with Gasteiger partial charge in [0.15, 0.2) is 5.82 Å². The van der Waals surface area contributed by atoms with E-state index in [4.69, 9.17) is 9.47 Å². The van der Waals surface area contributed by atoms with E-state index in [1.165, 1.54) is 18.5 Å². The zero-order valence-corrected chi connectivity index (χ0v) is 23.0. The highest BCUT2D eigenvalue weighted by molar-refractivity contribution is 7.92. The number of hydrogen-bond acceptors (Lipinski definition) is 9. The van der Waals surface area contributed by atoms with Gasteiger partial charge in [0.1, 0.15) is 0 Å². The standard InChI is InChI=1S/C27H22F5N5O5S/c1-2-42-27-17(10-34-25(37-27)24(31)32)19-4-3-13-8-33-15(7-20(13)36-19)9-35-26(38)14-5-16(23(29)30)18-11-41-12-22(28)43(39,40)21(18)6-14/h3-8,10,22-24H,2,9,11-12H2,1H3,(H,35,38)/t22-/m1/s1. The number of alkyl halides is 5. The summed E-state index contributed by atoms with van der Waals surface area (Å²) in [6, 6.07) is 6.51. The molecule has 0 fully saturated rings. The summed E-state index contributed by atoms with van der Waals surface area (Å²) in [7, 11) is -4.68. The average molecular weight is 624 g/mol. The van der Waals surface area contributed by atoms with E-state index in [1.807, 2.05) is 0 Å². The van der Waals surface area contributed by atoms with E-state index in [-0.39, 0.29) is 24.6 Å². The van der Waals surface area contributed by atoms with Crippen LogP contribution in [0.1, 0.15) is 52.8 Å². The lowest BCUT2D eigenvalue weighted by Crippen LogP contribution is -2.25. The third-order valence-electron chi connectivity index (χ3n) is 6.46. The number of nitrogens with one attached hydrogen (secondary N) is 1. The van der Waals surface area contributed by atoms with Crippen molar-refractivity contribution in [3.8, 4) is 17.1 Å². The predicted molar refractivity (Wildman–Crippen MR) is 141 cm³/mol. The van der Waals surface area contributed by atoms with Crippen molar-refractivity contribution in [1.29, 1.82) is 0 Å². The summed E-state index contributed by atoms with van der Waals surface area (Å²) < 4.78 is 104. The third-order valence-corrected chi connectivity index (χ3v) is 8.25. The molecule has 0 saturated carbocycles. The molecule has 4 aromatic rings. The van der Waals surface area contributed by atoms with Crippen LogP contribution in [0, 0.1) is 0 Å². The summed E-state index contributed by atoms with van der Waals surface area (Å²) in [5, 5.41) is 3.09. The molecular weight excluding hydrogens is 601 g/mol. The van der Waals surface area contributed by atoms with Crippen LogP contribution >= 0.6 is 0 Å². The molecule has 1 aromatic carbocycles. The van der Waals surface area contributed by atoms with E-state index in [1.54, 1.807) is 19.1 Å². The van der Waals surface area contributed by atoms with Gasteiger partial charge in [-0.25, -0.2) is 40.3 Å². The van der Waals surface area contributed by atoms with Gasteiger partial charge in [-0.2, -0.15) is 4.98 Å². The summed E-state index contributed by atoms with van der Waals surface area (Å²) >= 11 is 0. The first-order valence-corrected chi connectivity index (χ1v) is 14.3. The van der Waals surface area contributed by atoms with Crippen molar-refractivity contribution in [2.24, 2.45) is 0 Å². The lowest BCUT2D eigenvalue weighted by atomic mass is 10.0. The minimum Gasteiger partial charge on any atom is -0.477 e. The summed E-state index contributed by atoms with van der Waals surface area (Å²) in [6.07, 6.45) is -3.40. The first-order valence-electron chi connectivity index (χ1n) is 12.7. The van der Waals surface area contributed by atoms with Gasteiger partial charge in [-0.1, -0.05) is 0 Å². The SMILES string of the molecule is CCOc1nc(C(F)F)ncc1-c1ccc2cnc(CNC(=O)c3cc(C(F)F)c4c(c3)S(=O)(=O)[C@@H](F)COC4)cc2n1. The van der Waals surface area contributed by atoms with Crippen LogP contribution in [0.3, 0.4) is 0 Å². The van der Waals surface area contributed by atoms with Crippen molar-refractivity contribution in [2.75, 3.05) is 13.2 Å². The Morgan fingerprint density at radius 3 is 2.60 bits per heavy atom. The Balaban J connectivity index is 1.42. The molecule has 4 heterocycles. The van der Waals surface area contributed by atoms with Gasteiger partial charge in [0.2, 0.25) is 21.2 Å². The third kappa shape index (κ3) is 6.10. The summed E-state index contributed by atoms with van der Waals surface area (Å²) in [5.74, 6) is -1.67. The molecule has 5 rings (SSSR count). The Labute approximate surface area is 241 Å². The molecule has 1 atom stereocenters. The van der Waals surface area contributed by atoms with Crippen LogP contribution in [0.5, 0.6) is 5.88 Å². The number of hydrogen-bond donors (Lipinski definition) is 1. The quantitative estimate of drug-likeness (QED) is 0.273. The van der Waals surface area contributed by atoms with Gasteiger partial charge < -0.3 is 14.8 Å². The number of rotatable bonds is 8. The molecule has 16 heteroatoms. The molecule has 0 radical (unpaired) electrons. The van der Waals surface area contributed by atoms with Crippen molar-refractivity contribution in [2.45, 2.75) is 43.3 Å². The Morgan fingerprint density at radius 2 is 1.88 bits per heavy atom. The smallest absolute Gasteiger partial charge is 0.297 e. The van der Waals surface area contributed by atoms with Crippen LogP contribution in [0.4, 0.5) is 22.0 Å². The second-order valence-corrected chi connectivity index (χ2v) is 11.3. The van der Waals surface area contributed by atoms with Gasteiger partial charge in [0, 0.05) is 34.5 Å². The highest BCUT2D eigenvalue weighted by Gasteiger charge is 2.36. The lowest BCUT2D eigenvalue weighted by molar-refractivity contribution is 0.0914. The van der Waals surface area contributed by atoms with Crippen molar-refractivity contribution in [3.63, 3.8) is 0 Å². The number of carbonyl (C=O) groups excluding carboxylic acids is 1. The second-order valence-electron chi connectivity index (χ2n) is 9.24. The monoisotopic (exact) mass is 623 g/mol. The van der Waals surface area contributed by atoms with Crippen molar-refractivity contribution in [3.05, 3.63) is 70.9 Å². The lowest BCUT2D eigenvalue weighted by Gasteiger charge is -2.15. The normalized spacial score (nSPS) is 16.2. The van der Waals surface area contributed by atoms with Gasteiger partial charge in [0.25, 0.3) is 18.8 Å². The molecule has 0 unspecified atom stereocenters. The van der Waals surface area contributed by atoms with Gasteiger partial charge in [-0.15, -0.1) is 0 Å². The second kappa shape index (κ2) is 12.1. The van der Waals surface area contributed by atoms with E-state index in [2.05, 4.69) is 25.3 Å². The number of ether oxygens (including phenoxy) is 2. The van der Waals surface area contributed by atoms with Crippen LogP contribution in [0.15, 0.2) is 47.6 Å². The Bertz CT molecular complexity index is 1810. The van der Waals surface area contributed by atoms with E-state index in [0.29, 0.717) is 22.3 Å². The van der Waals surface area contributed by atoms with E-state index < -0.39 is 74.7 Å². The van der Waals surface area contributed by atoms with Crippen LogP contribution < -0.4 is 10.1 Å². The minimum absolute atomic E-state index is 0.0715. The fraction of sp³-hybridized carbons (Fsp3) is 0.296. The topological polar surface area (TPSA) is 133 Å². The maximum atomic E-state index is 14.3. The molecule has 1 amide bonds. The number of aromatic nitrogens is 4. The number of nitrogens with zero attached hydrogens (tertiary/aromatic N) is 4. The zero-order valence-electron chi connectivity index (χ0n) is 22.2. The number of carbonyl (C=O) groups is 1. The molecule has 226 valence electrons. The summed E-state index contributed by atoms with van der Waals surface area (Å²) in [6.45, 7) is 0.233. The Kier molecular flexibility index (Phi) is 8.50. The van der Waals surface area contributed by atoms with Crippen LogP contribution in [0.2, 0.25) is 0 Å². The molecule has 1 aliphatic rings. The molecule has 0 saturated heterocycles. The maximum Gasteiger partial charge on any atom is 0.297 e. The van der Waals surface area contributed by atoms with Crippen molar-refractivity contribution in [1.82, 2.24) is 25.3 Å². The van der Waals surface area contributed by atoms with E-state index in [0.717, 1.165) is 12.1 Å². The molecule has 1 aliphatic heterocycles. The molecule has 0 aliphatic carbocycles. The molecule has 0 bridgehead atoms. The number of halogens is 5. The summed E-state index contributed by atoms with van der Waals surface area (Å²) in [4.78, 5) is 28.4. The van der Waals surface area contributed by atoms with Crippen LogP contribution in [-0.2, 0) is 27.7 Å². The number of fused-ring (bicyclic) bond motifs is 2. The van der Waals surface area contributed by atoms with Gasteiger partial charge in [0.05, 0.1) is 53.7 Å². The molecule has 10 nitrogen and oxygen atoms in total. The summed E-state index contributed by atoms with van der Waals surface area (Å²) in [5.41, 5.74) is -2.74. The largest absolute Gasteiger partial charge is 0.477 e. The highest BCUT2D eigenvalue weighted by atomic mass is 32.2. The van der Waals surface area contributed by atoms with Crippen molar-refractivity contribution < 1.29 is 44.6 Å².